The molecule has 0 aliphatic carbocycles. The molecule has 0 radical (unpaired) electrons. The summed E-state index contributed by atoms with van der Waals surface area (Å²) in [4.78, 5) is 4.75. The number of rotatable bonds is 5. The van der Waals surface area contributed by atoms with Crippen LogP contribution in [0.15, 0.2) is 142 Å². The van der Waals surface area contributed by atoms with E-state index in [4.69, 9.17) is 27.8 Å². The lowest BCUT2D eigenvalue weighted by molar-refractivity contribution is 0.172. The molecule has 0 unspecified atom stereocenters. The first kappa shape index (κ1) is 42.6. The number of ether oxygens (including phenoxy) is 4. The van der Waals surface area contributed by atoms with Crippen LogP contribution in [0.2, 0.25) is 0 Å². The highest BCUT2D eigenvalue weighted by Crippen LogP contribution is 2.54. The average Bonchev–Trinajstić information content (AvgIpc) is 3.94. The summed E-state index contributed by atoms with van der Waals surface area (Å²) in [5, 5.41) is 2.15. The van der Waals surface area contributed by atoms with Crippen molar-refractivity contribution in [1.82, 2.24) is 0 Å². The number of nitrogens with zero attached hydrogens (tertiary/aromatic N) is 2. The number of furan rings is 2. The van der Waals surface area contributed by atoms with Gasteiger partial charge >= 0.3 is 0 Å². The molecule has 7 aromatic carbocycles. The minimum absolute atomic E-state index is 0.122. The predicted octanol–water partition coefficient (Wildman–Crippen LogP) is 13.9. The van der Waals surface area contributed by atoms with Crippen molar-refractivity contribution in [3.05, 3.63) is 150 Å². The van der Waals surface area contributed by atoms with E-state index >= 15 is 0 Å². The molecule has 0 bridgehead atoms. The summed E-state index contributed by atoms with van der Waals surface area (Å²) in [5.41, 5.74) is 16.4. The topological polar surface area (TPSA) is 69.7 Å². The van der Waals surface area contributed by atoms with Crippen LogP contribution >= 0.6 is 0 Å². The van der Waals surface area contributed by atoms with Crippen LogP contribution in [0, 0.1) is 0 Å². The van der Waals surface area contributed by atoms with Crippen LogP contribution in [0.4, 0.5) is 34.5 Å². The molecule has 0 atom stereocenters. The third-order valence-electron chi connectivity index (χ3n) is 14.7. The number of fused-ring (bicyclic) bond motifs is 10. The summed E-state index contributed by atoms with van der Waals surface area (Å²) in [6.45, 7) is 19.8. The average molecular weight is 923 g/mol. The normalized spacial score (nSPS) is 14.8. The van der Waals surface area contributed by atoms with Crippen LogP contribution in [0.5, 0.6) is 23.0 Å². The summed E-state index contributed by atoms with van der Waals surface area (Å²) in [7, 11) is 0. The second-order valence-electron chi connectivity index (χ2n) is 21.6. The second-order valence-corrected chi connectivity index (χ2v) is 21.6. The molecule has 0 fully saturated rings. The molecule has 0 amide bonds. The Morgan fingerprint density at radius 2 is 0.843 bits per heavy atom. The van der Waals surface area contributed by atoms with E-state index in [1.54, 1.807) is 0 Å². The fourth-order valence-electron chi connectivity index (χ4n) is 11.0. The van der Waals surface area contributed by atoms with Crippen molar-refractivity contribution in [1.29, 1.82) is 0 Å². The molecule has 8 nitrogen and oxygen atoms in total. The van der Waals surface area contributed by atoms with Crippen LogP contribution in [-0.2, 0) is 10.8 Å². The summed E-state index contributed by atoms with van der Waals surface area (Å²) in [5.74, 6) is 4.55. The summed E-state index contributed by atoms with van der Waals surface area (Å²) < 4.78 is 40.4. The van der Waals surface area contributed by atoms with Gasteiger partial charge in [-0.3, -0.25) is 9.80 Å². The molecular weight excluding hydrogens is 867 g/mol. The summed E-state index contributed by atoms with van der Waals surface area (Å²) in [6, 6.07) is 48.1. The molecule has 4 aliphatic heterocycles. The highest BCUT2D eigenvalue weighted by atomic mass is 16.6. The SMILES string of the molecule is CC(C)c1cc2c3c(c1)N(c1cc4c(cc1-c1ccccc1)OCCO4)c1oc4ccc(C(C)(C)C)cc4c1B3c1c(oc3ccc(C(C)(C)C)cc13)N2c1cc2c(cc1-c1ccccc1)OCCO2. The zero-order valence-electron chi connectivity index (χ0n) is 41.0. The maximum atomic E-state index is 7.42. The molecule has 0 spiro atoms. The van der Waals surface area contributed by atoms with Gasteiger partial charge in [-0.15, -0.1) is 0 Å². The van der Waals surface area contributed by atoms with Crippen molar-refractivity contribution in [2.75, 3.05) is 36.2 Å². The summed E-state index contributed by atoms with van der Waals surface area (Å²) in [6.07, 6.45) is 0. The first-order chi connectivity index (χ1) is 33.8. The van der Waals surface area contributed by atoms with Crippen LogP contribution in [0.3, 0.4) is 0 Å². The third-order valence-corrected chi connectivity index (χ3v) is 14.7. The lowest BCUT2D eigenvalue weighted by atomic mass is 9.33. The molecule has 9 heteroatoms. The first-order valence-corrected chi connectivity index (χ1v) is 24.7. The standard InChI is InChI=1S/C61H55BN2O6/c1-35(2)38-27-47-57-48(28-38)64(46-34-54-52(66-24-26-68-54)32-42(46)37-17-13-10-14-18-37)59-56(44-30-40(61(6,7)8)20-22-50(44)70-59)62(57)55-43-29-39(60(3,4)5)19-21-49(43)69-58(55)63(47)45-33-53-51(65-23-25-67-53)31-41(45)36-15-11-9-12-16-36/h9-22,27-35H,23-26H2,1-8H3. The lowest BCUT2D eigenvalue weighted by Gasteiger charge is -2.42. The smallest absolute Gasteiger partial charge is 0.262 e. The van der Waals surface area contributed by atoms with E-state index in [2.05, 4.69) is 199 Å². The Morgan fingerprint density at radius 1 is 0.443 bits per heavy atom. The second kappa shape index (κ2) is 15.5. The van der Waals surface area contributed by atoms with Crippen LogP contribution in [-0.4, -0.2) is 33.1 Å². The first-order valence-electron chi connectivity index (χ1n) is 24.7. The van der Waals surface area contributed by atoms with Gasteiger partial charge in [0.15, 0.2) is 23.0 Å². The highest BCUT2D eigenvalue weighted by molar-refractivity contribution is 7.02. The van der Waals surface area contributed by atoms with Gasteiger partial charge in [0.2, 0.25) is 11.8 Å². The molecule has 0 saturated carbocycles. The van der Waals surface area contributed by atoms with Gasteiger partial charge in [0.05, 0.1) is 11.4 Å². The minimum Gasteiger partial charge on any atom is -0.486 e. The minimum atomic E-state index is -0.300. The van der Waals surface area contributed by atoms with Crippen molar-refractivity contribution < 1.29 is 27.8 Å². The van der Waals surface area contributed by atoms with Gasteiger partial charge in [-0.05, 0) is 98.6 Å². The van der Waals surface area contributed by atoms with E-state index in [-0.39, 0.29) is 23.5 Å². The Morgan fingerprint density at radius 3 is 1.23 bits per heavy atom. The lowest BCUT2D eigenvalue weighted by Crippen LogP contribution is -2.61. The zero-order valence-corrected chi connectivity index (χ0v) is 41.0. The Labute approximate surface area is 409 Å². The van der Waals surface area contributed by atoms with E-state index < -0.39 is 0 Å². The molecule has 0 N–H and O–H groups in total. The molecule has 13 rings (SSSR count). The van der Waals surface area contributed by atoms with Crippen LogP contribution < -0.4 is 45.1 Å². The molecule has 2 aromatic heterocycles. The monoisotopic (exact) mass is 922 g/mol. The number of benzene rings is 7. The molecular formula is C61H55BN2O6. The summed E-state index contributed by atoms with van der Waals surface area (Å²) >= 11 is 0. The zero-order chi connectivity index (χ0) is 47.8. The number of anilines is 6. The fourth-order valence-corrected chi connectivity index (χ4v) is 11.0. The van der Waals surface area contributed by atoms with Gasteiger partial charge in [0.1, 0.15) is 37.6 Å². The molecule has 70 heavy (non-hydrogen) atoms. The maximum absolute atomic E-state index is 7.42. The van der Waals surface area contributed by atoms with Gasteiger partial charge in [-0.2, -0.15) is 0 Å². The van der Waals surface area contributed by atoms with Crippen molar-refractivity contribution in [2.24, 2.45) is 0 Å². The van der Waals surface area contributed by atoms with Gasteiger partial charge < -0.3 is 27.8 Å². The van der Waals surface area contributed by atoms with Gasteiger partial charge in [0, 0.05) is 56.3 Å². The van der Waals surface area contributed by atoms with Crippen LogP contribution in [0.1, 0.15) is 78.0 Å². The number of hydrogen-bond donors (Lipinski definition) is 0. The van der Waals surface area contributed by atoms with E-state index in [1.807, 2.05) is 0 Å². The van der Waals surface area contributed by atoms with Crippen molar-refractivity contribution in [3.63, 3.8) is 0 Å². The Kier molecular flexibility index (Phi) is 9.42. The third kappa shape index (κ3) is 6.57. The van der Waals surface area contributed by atoms with Crippen LogP contribution in [0.25, 0.3) is 44.2 Å². The molecule has 348 valence electrons. The quantitative estimate of drug-likeness (QED) is 0.158. The highest BCUT2D eigenvalue weighted by Gasteiger charge is 2.50. The van der Waals surface area contributed by atoms with E-state index in [9.17, 15) is 0 Å². The molecule has 0 saturated heterocycles. The van der Waals surface area contributed by atoms with E-state index in [1.165, 1.54) is 16.7 Å². The molecule has 6 heterocycles. The Bertz CT molecular complexity index is 3350. The Hall–Kier alpha value is -7.52. The largest absolute Gasteiger partial charge is 0.486 e. The molecule has 9 aromatic rings. The molecule has 4 aliphatic rings. The number of hydrogen-bond acceptors (Lipinski definition) is 8. The predicted molar refractivity (Wildman–Crippen MR) is 284 cm³/mol. The van der Waals surface area contributed by atoms with Crippen molar-refractivity contribution in [3.8, 4) is 45.3 Å². The fraction of sp³-hybridized carbons (Fsp3) is 0.246. The van der Waals surface area contributed by atoms with E-state index in [0.717, 1.165) is 107 Å². The van der Waals surface area contributed by atoms with Gasteiger partial charge in [0.25, 0.3) is 6.71 Å². The Balaban J connectivity index is 1.21. The maximum Gasteiger partial charge on any atom is 0.262 e. The van der Waals surface area contributed by atoms with Gasteiger partial charge in [-0.1, -0.05) is 128 Å². The van der Waals surface area contributed by atoms with Crippen molar-refractivity contribution >= 4 is 79.6 Å². The van der Waals surface area contributed by atoms with E-state index in [0.29, 0.717) is 37.9 Å². The van der Waals surface area contributed by atoms with Gasteiger partial charge in [-0.25, -0.2) is 0 Å². The van der Waals surface area contributed by atoms with Crippen molar-refractivity contribution in [2.45, 2.75) is 72.1 Å².